The van der Waals surface area contributed by atoms with Crippen LogP contribution in [0.1, 0.15) is 20.3 Å². The predicted octanol–water partition coefficient (Wildman–Crippen LogP) is 0.747. The quantitative estimate of drug-likeness (QED) is 0.443. The van der Waals surface area contributed by atoms with Crippen LogP contribution >= 0.6 is 0 Å². The lowest BCUT2D eigenvalue weighted by Gasteiger charge is -1.85. The molecule has 0 bridgehead atoms. The van der Waals surface area contributed by atoms with E-state index in [1.54, 1.807) is 0 Å². The average molecular weight is 97.2 g/mol. The maximum Gasteiger partial charge on any atom is 0.0635 e. The average Bonchev–Trinajstić information content (AvgIpc) is 1.61. The van der Waals surface area contributed by atoms with Crippen LogP contribution in [0.4, 0.5) is 0 Å². The van der Waals surface area contributed by atoms with Gasteiger partial charge in [0.05, 0.1) is 6.04 Å². The van der Waals surface area contributed by atoms with E-state index in [-0.39, 0.29) is 6.04 Å². The fourth-order valence-corrected chi connectivity index (χ4v) is 0.263. The number of rotatable bonds is 0. The molecule has 0 radical (unpaired) electrons. The first-order valence-corrected chi connectivity index (χ1v) is 2.51. The second-order valence-corrected chi connectivity index (χ2v) is 1.46. The van der Waals surface area contributed by atoms with E-state index in [0.29, 0.717) is 0 Å². The van der Waals surface area contributed by atoms with Crippen molar-refractivity contribution in [2.45, 2.75) is 26.3 Å². The van der Waals surface area contributed by atoms with Crippen molar-refractivity contribution in [2.75, 3.05) is 0 Å². The zero-order valence-electron chi connectivity index (χ0n) is 4.86. The first-order chi connectivity index (χ1) is 3.27. The van der Waals surface area contributed by atoms with Gasteiger partial charge in [-0.3, -0.25) is 0 Å². The van der Waals surface area contributed by atoms with E-state index in [1.165, 1.54) is 0 Å². The molecule has 0 aromatic carbocycles. The molecule has 0 aliphatic heterocycles. The molecule has 0 spiro atoms. The Labute approximate surface area is 44.9 Å². The Kier molecular flexibility index (Phi) is 3.45. The van der Waals surface area contributed by atoms with Crippen LogP contribution in [0.25, 0.3) is 0 Å². The molecule has 0 fully saturated rings. The van der Waals surface area contributed by atoms with E-state index in [1.807, 2.05) is 13.8 Å². The molecule has 0 rings (SSSR count). The minimum atomic E-state index is 0.0416. The Hall–Kier alpha value is -0.480. The zero-order chi connectivity index (χ0) is 5.70. The van der Waals surface area contributed by atoms with E-state index >= 15 is 0 Å². The van der Waals surface area contributed by atoms with Crippen LogP contribution in [0, 0.1) is 11.8 Å². The highest BCUT2D eigenvalue weighted by molar-refractivity contribution is 5.03. The SMILES string of the molecule is CCC#CC(C)N. The number of hydrogen-bond donors (Lipinski definition) is 1. The second-order valence-electron chi connectivity index (χ2n) is 1.46. The maximum atomic E-state index is 5.30. The molecule has 0 saturated heterocycles. The summed E-state index contributed by atoms with van der Waals surface area (Å²) >= 11 is 0. The van der Waals surface area contributed by atoms with Crippen molar-refractivity contribution >= 4 is 0 Å². The smallest absolute Gasteiger partial charge is 0.0635 e. The molecule has 0 aliphatic carbocycles. The van der Waals surface area contributed by atoms with Gasteiger partial charge in [0.2, 0.25) is 0 Å². The summed E-state index contributed by atoms with van der Waals surface area (Å²) in [6, 6.07) is 0.0416. The number of hydrogen-bond acceptors (Lipinski definition) is 1. The van der Waals surface area contributed by atoms with Gasteiger partial charge in [-0.05, 0) is 6.92 Å². The van der Waals surface area contributed by atoms with Gasteiger partial charge in [0.15, 0.2) is 0 Å². The highest BCUT2D eigenvalue weighted by atomic mass is 14.6. The Balaban J connectivity index is 3.24. The molecule has 0 aromatic rings. The Morgan fingerprint density at radius 1 is 1.71 bits per heavy atom. The van der Waals surface area contributed by atoms with Gasteiger partial charge in [0, 0.05) is 6.42 Å². The summed E-state index contributed by atoms with van der Waals surface area (Å²) < 4.78 is 0. The van der Waals surface area contributed by atoms with Crippen molar-refractivity contribution in [2.24, 2.45) is 5.73 Å². The van der Waals surface area contributed by atoms with Crippen LogP contribution in [-0.4, -0.2) is 6.04 Å². The van der Waals surface area contributed by atoms with Crippen LogP contribution in [-0.2, 0) is 0 Å². The lowest BCUT2D eigenvalue weighted by atomic mass is 10.3. The van der Waals surface area contributed by atoms with Crippen LogP contribution in [0.3, 0.4) is 0 Å². The number of nitrogens with two attached hydrogens (primary N) is 1. The highest BCUT2D eigenvalue weighted by Gasteiger charge is 1.76. The molecule has 0 amide bonds. The fourth-order valence-electron chi connectivity index (χ4n) is 0.263. The highest BCUT2D eigenvalue weighted by Crippen LogP contribution is 1.70. The molecule has 1 heteroatoms. The van der Waals surface area contributed by atoms with Crippen molar-refractivity contribution in [1.82, 2.24) is 0 Å². The second kappa shape index (κ2) is 3.70. The summed E-state index contributed by atoms with van der Waals surface area (Å²) in [6.07, 6.45) is 0.904. The monoisotopic (exact) mass is 97.1 g/mol. The maximum absolute atomic E-state index is 5.30. The topological polar surface area (TPSA) is 26.0 Å². The van der Waals surface area contributed by atoms with Crippen molar-refractivity contribution in [3.63, 3.8) is 0 Å². The Morgan fingerprint density at radius 3 is 2.43 bits per heavy atom. The van der Waals surface area contributed by atoms with Gasteiger partial charge in [-0.2, -0.15) is 0 Å². The van der Waals surface area contributed by atoms with Crippen LogP contribution in [0.5, 0.6) is 0 Å². The summed E-state index contributed by atoms with van der Waals surface area (Å²) in [5.74, 6) is 5.70. The summed E-state index contributed by atoms with van der Waals surface area (Å²) in [4.78, 5) is 0. The predicted molar refractivity (Wildman–Crippen MR) is 31.7 cm³/mol. The molecule has 0 aromatic heterocycles. The molecule has 40 valence electrons. The molecular weight excluding hydrogens is 86.1 g/mol. The lowest BCUT2D eigenvalue weighted by Crippen LogP contribution is -2.10. The molecule has 1 unspecified atom stereocenters. The van der Waals surface area contributed by atoms with Crippen LogP contribution in [0.2, 0.25) is 0 Å². The molecule has 1 atom stereocenters. The van der Waals surface area contributed by atoms with E-state index in [9.17, 15) is 0 Å². The molecule has 0 heterocycles. The van der Waals surface area contributed by atoms with Crippen molar-refractivity contribution < 1.29 is 0 Å². The largest absolute Gasteiger partial charge is 0.318 e. The van der Waals surface area contributed by atoms with E-state index in [0.717, 1.165) is 6.42 Å². The molecule has 2 N–H and O–H groups in total. The Bertz CT molecular complexity index is 84.1. The molecule has 7 heavy (non-hydrogen) atoms. The Morgan fingerprint density at radius 2 is 2.29 bits per heavy atom. The fraction of sp³-hybridized carbons (Fsp3) is 0.667. The lowest BCUT2D eigenvalue weighted by molar-refractivity contribution is 0.957. The van der Waals surface area contributed by atoms with Crippen LogP contribution in [0.15, 0.2) is 0 Å². The zero-order valence-corrected chi connectivity index (χ0v) is 4.86. The standard InChI is InChI=1S/C6H11N/c1-3-4-5-6(2)7/h6H,3,7H2,1-2H3. The summed E-state index contributed by atoms with van der Waals surface area (Å²) in [5.41, 5.74) is 5.30. The molecule has 1 nitrogen and oxygen atoms in total. The third-order valence-electron chi connectivity index (χ3n) is 0.507. The normalized spacial score (nSPS) is 11.9. The van der Waals surface area contributed by atoms with Gasteiger partial charge in [-0.25, -0.2) is 0 Å². The van der Waals surface area contributed by atoms with Crippen LogP contribution < -0.4 is 5.73 Å². The minimum Gasteiger partial charge on any atom is -0.318 e. The molecule has 0 aliphatic rings. The van der Waals surface area contributed by atoms with Gasteiger partial charge in [-0.1, -0.05) is 12.8 Å². The molecular formula is C6H11N. The van der Waals surface area contributed by atoms with Gasteiger partial charge >= 0.3 is 0 Å². The van der Waals surface area contributed by atoms with Gasteiger partial charge < -0.3 is 5.73 Å². The first kappa shape index (κ1) is 6.52. The van der Waals surface area contributed by atoms with Crippen molar-refractivity contribution in [3.8, 4) is 11.8 Å². The minimum absolute atomic E-state index is 0.0416. The van der Waals surface area contributed by atoms with E-state index in [2.05, 4.69) is 11.8 Å². The summed E-state index contributed by atoms with van der Waals surface area (Å²) in [5, 5.41) is 0. The van der Waals surface area contributed by atoms with Crippen molar-refractivity contribution in [3.05, 3.63) is 0 Å². The van der Waals surface area contributed by atoms with E-state index in [4.69, 9.17) is 5.73 Å². The van der Waals surface area contributed by atoms with Gasteiger partial charge in [0.1, 0.15) is 0 Å². The first-order valence-electron chi connectivity index (χ1n) is 2.51. The summed E-state index contributed by atoms with van der Waals surface area (Å²) in [6.45, 7) is 3.89. The van der Waals surface area contributed by atoms with Gasteiger partial charge in [-0.15, -0.1) is 5.92 Å². The van der Waals surface area contributed by atoms with E-state index < -0.39 is 0 Å². The van der Waals surface area contributed by atoms with Crippen molar-refractivity contribution in [1.29, 1.82) is 0 Å². The summed E-state index contributed by atoms with van der Waals surface area (Å²) in [7, 11) is 0. The molecule has 0 saturated carbocycles. The third-order valence-corrected chi connectivity index (χ3v) is 0.507. The van der Waals surface area contributed by atoms with Gasteiger partial charge in [0.25, 0.3) is 0 Å². The third kappa shape index (κ3) is 5.52.